The Hall–Kier alpha value is -0.570. The first-order valence-corrected chi connectivity index (χ1v) is 6.54. The fourth-order valence-electron chi connectivity index (χ4n) is 2.20. The first-order chi connectivity index (χ1) is 7.50. The van der Waals surface area contributed by atoms with E-state index >= 15 is 0 Å². The van der Waals surface area contributed by atoms with Crippen molar-refractivity contribution < 1.29 is 4.79 Å². The van der Waals surface area contributed by atoms with Crippen LogP contribution in [-0.2, 0) is 4.79 Å². The average molecular weight is 226 g/mol. The van der Waals surface area contributed by atoms with Crippen molar-refractivity contribution in [1.29, 1.82) is 0 Å². The molecule has 0 aliphatic heterocycles. The number of rotatable bonds is 4. The van der Waals surface area contributed by atoms with Crippen molar-refractivity contribution >= 4 is 5.91 Å². The van der Waals surface area contributed by atoms with Crippen LogP contribution in [0.4, 0.5) is 0 Å². The molecule has 1 atom stereocenters. The summed E-state index contributed by atoms with van der Waals surface area (Å²) in [6, 6.07) is -0.359. The molecule has 94 valence electrons. The molecule has 1 amide bonds. The van der Waals surface area contributed by atoms with Crippen LogP contribution in [0.1, 0.15) is 46.5 Å². The van der Waals surface area contributed by atoms with E-state index in [-0.39, 0.29) is 17.9 Å². The van der Waals surface area contributed by atoms with Crippen molar-refractivity contribution in [3.05, 3.63) is 0 Å². The Kier molecular flexibility index (Phi) is 5.26. The molecular formula is C13H26N2O. The summed E-state index contributed by atoms with van der Waals surface area (Å²) in [4.78, 5) is 11.7. The molecule has 0 bridgehead atoms. The van der Waals surface area contributed by atoms with E-state index in [4.69, 9.17) is 5.73 Å². The molecule has 1 aliphatic carbocycles. The summed E-state index contributed by atoms with van der Waals surface area (Å²) in [5, 5.41) is 2.98. The molecule has 0 spiro atoms. The molecule has 1 rings (SSSR count). The molecule has 0 saturated heterocycles. The molecule has 0 aromatic heterocycles. The maximum Gasteiger partial charge on any atom is 0.237 e. The van der Waals surface area contributed by atoms with Gasteiger partial charge < -0.3 is 11.1 Å². The number of carbonyl (C=O) groups excluding carboxylic acids is 1. The Bertz CT molecular complexity index is 220. The minimum Gasteiger partial charge on any atom is -0.354 e. The van der Waals surface area contributed by atoms with E-state index in [0.717, 1.165) is 12.5 Å². The lowest BCUT2D eigenvalue weighted by Gasteiger charge is -2.27. The van der Waals surface area contributed by atoms with Crippen molar-refractivity contribution in [2.24, 2.45) is 23.5 Å². The summed E-state index contributed by atoms with van der Waals surface area (Å²) in [5.41, 5.74) is 5.79. The van der Waals surface area contributed by atoms with Gasteiger partial charge in [0.25, 0.3) is 0 Å². The molecule has 3 N–H and O–H groups in total. The van der Waals surface area contributed by atoms with Gasteiger partial charge in [-0.25, -0.2) is 0 Å². The van der Waals surface area contributed by atoms with E-state index in [1.165, 1.54) is 25.7 Å². The van der Waals surface area contributed by atoms with Gasteiger partial charge in [0.05, 0.1) is 6.04 Å². The number of hydrogen-bond acceptors (Lipinski definition) is 2. The second kappa shape index (κ2) is 6.24. The standard InChI is InChI=1S/C13H26N2O/c1-9(2)12(14)13(16)15-8-11-6-4-10(3)5-7-11/h9-12H,4-8,14H2,1-3H3,(H,15,16)/t10?,11?,12-/m0/s1. The summed E-state index contributed by atoms with van der Waals surface area (Å²) in [6.07, 6.45) is 5.10. The maximum atomic E-state index is 11.7. The molecular weight excluding hydrogens is 200 g/mol. The van der Waals surface area contributed by atoms with Crippen molar-refractivity contribution in [2.75, 3.05) is 6.54 Å². The van der Waals surface area contributed by atoms with Gasteiger partial charge in [-0.05, 0) is 30.6 Å². The number of nitrogens with one attached hydrogen (secondary N) is 1. The van der Waals surface area contributed by atoms with E-state index in [9.17, 15) is 4.79 Å². The summed E-state index contributed by atoms with van der Waals surface area (Å²) in [5.74, 6) is 1.75. The molecule has 1 fully saturated rings. The largest absolute Gasteiger partial charge is 0.354 e. The first kappa shape index (κ1) is 13.5. The zero-order valence-corrected chi connectivity index (χ0v) is 10.8. The monoisotopic (exact) mass is 226 g/mol. The van der Waals surface area contributed by atoms with Gasteiger partial charge >= 0.3 is 0 Å². The lowest BCUT2D eigenvalue weighted by atomic mass is 9.83. The Labute approximate surface area is 99.2 Å². The maximum absolute atomic E-state index is 11.7. The third kappa shape index (κ3) is 4.12. The predicted molar refractivity (Wildman–Crippen MR) is 66.9 cm³/mol. The highest BCUT2D eigenvalue weighted by Gasteiger charge is 2.21. The van der Waals surface area contributed by atoms with Crippen molar-refractivity contribution in [1.82, 2.24) is 5.32 Å². The predicted octanol–water partition coefficient (Wildman–Crippen LogP) is 1.91. The lowest BCUT2D eigenvalue weighted by molar-refractivity contribution is -0.123. The van der Waals surface area contributed by atoms with Crippen LogP contribution < -0.4 is 11.1 Å². The second-order valence-electron chi connectivity index (χ2n) is 5.64. The van der Waals surface area contributed by atoms with Gasteiger partial charge in [0.2, 0.25) is 5.91 Å². The van der Waals surface area contributed by atoms with Gasteiger partial charge in [0.1, 0.15) is 0 Å². The molecule has 1 aliphatic rings. The summed E-state index contributed by atoms with van der Waals surface area (Å²) in [6.45, 7) is 7.08. The van der Waals surface area contributed by atoms with Gasteiger partial charge in [0, 0.05) is 6.54 Å². The Morgan fingerprint density at radius 3 is 2.38 bits per heavy atom. The average Bonchev–Trinajstić information content (AvgIpc) is 2.26. The van der Waals surface area contributed by atoms with Gasteiger partial charge in [-0.1, -0.05) is 33.6 Å². The van der Waals surface area contributed by atoms with Crippen LogP contribution in [0.15, 0.2) is 0 Å². The van der Waals surface area contributed by atoms with E-state index in [1.54, 1.807) is 0 Å². The number of nitrogens with two attached hydrogens (primary N) is 1. The Balaban J connectivity index is 2.22. The second-order valence-corrected chi connectivity index (χ2v) is 5.64. The topological polar surface area (TPSA) is 55.1 Å². The highest BCUT2D eigenvalue weighted by atomic mass is 16.2. The summed E-state index contributed by atoms with van der Waals surface area (Å²) < 4.78 is 0. The van der Waals surface area contributed by atoms with Crippen LogP contribution in [0.2, 0.25) is 0 Å². The fourth-order valence-corrected chi connectivity index (χ4v) is 2.20. The third-order valence-corrected chi connectivity index (χ3v) is 3.72. The zero-order valence-electron chi connectivity index (χ0n) is 10.8. The molecule has 16 heavy (non-hydrogen) atoms. The van der Waals surface area contributed by atoms with E-state index in [0.29, 0.717) is 5.92 Å². The Morgan fingerprint density at radius 1 is 1.31 bits per heavy atom. The lowest BCUT2D eigenvalue weighted by Crippen LogP contribution is -2.45. The fraction of sp³-hybridized carbons (Fsp3) is 0.923. The van der Waals surface area contributed by atoms with Crippen molar-refractivity contribution in [3.8, 4) is 0 Å². The minimum atomic E-state index is -0.359. The smallest absolute Gasteiger partial charge is 0.237 e. The van der Waals surface area contributed by atoms with Crippen LogP contribution in [0, 0.1) is 17.8 Å². The summed E-state index contributed by atoms with van der Waals surface area (Å²) >= 11 is 0. The van der Waals surface area contributed by atoms with Crippen molar-refractivity contribution in [3.63, 3.8) is 0 Å². The van der Waals surface area contributed by atoms with E-state index in [2.05, 4.69) is 12.2 Å². The number of hydrogen-bond donors (Lipinski definition) is 2. The highest BCUT2D eigenvalue weighted by Crippen LogP contribution is 2.27. The molecule has 3 heteroatoms. The van der Waals surface area contributed by atoms with Gasteiger partial charge in [-0.2, -0.15) is 0 Å². The highest BCUT2D eigenvalue weighted by molar-refractivity contribution is 5.81. The summed E-state index contributed by atoms with van der Waals surface area (Å²) in [7, 11) is 0. The third-order valence-electron chi connectivity index (χ3n) is 3.72. The molecule has 1 saturated carbocycles. The van der Waals surface area contributed by atoms with Crippen LogP contribution in [-0.4, -0.2) is 18.5 Å². The van der Waals surface area contributed by atoms with Gasteiger partial charge in [-0.3, -0.25) is 4.79 Å². The van der Waals surface area contributed by atoms with Crippen LogP contribution >= 0.6 is 0 Å². The van der Waals surface area contributed by atoms with Crippen LogP contribution in [0.5, 0.6) is 0 Å². The minimum absolute atomic E-state index is 0.00798. The molecule has 0 heterocycles. The molecule has 0 aromatic carbocycles. The normalized spacial score (nSPS) is 27.8. The van der Waals surface area contributed by atoms with Crippen LogP contribution in [0.3, 0.4) is 0 Å². The van der Waals surface area contributed by atoms with Crippen LogP contribution in [0.25, 0.3) is 0 Å². The number of carbonyl (C=O) groups is 1. The van der Waals surface area contributed by atoms with Crippen molar-refractivity contribution in [2.45, 2.75) is 52.5 Å². The Morgan fingerprint density at radius 2 is 1.88 bits per heavy atom. The molecule has 0 unspecified atom stereocenters. The zero-order chi connectivity index (χ0) is 12.1. The quantitative estimate of drug-likeness (QED) is 0.769. The van der Waals surface area contributed by atoms with Gasteiger partial charge in [-0.15, -0.1) is 0 Å². The SMILES string of the molecule is CC1CCC(CNC(=O)[C@@H](N)C(C)C)CC1. The van der Waals surface area contributed by atoms with E-state index in [1.807, 2.05) is 13.8 Å². The first-order valence-electron chi connectivity index (χ1n) is 6.54. The molecule has 0 aromatic rings. The molecule has 3 nitrogen and oxygen atoms in total. The molecule has 0 radical (unpaired) electrons. The van der Waals surface area contributed by atoms with E-state index < -0.39 is 0 Å². The number of amides is 1. The van der Waals surface area contributed by atoms with Gasteiger partial charge in [0.15, 0.2) is 0 Å².